The summed E-state index contributed by atoms with van der Waals surface area (Å²) in [6.07, 6.45) is 1.85. The van der Waals surface area contributed by atoms with Gasteiger partial charge in [0.1, 0.15) is 4.99 Å². The van der Waals surface area contributed by atoms with Crippen LogP contribution in [0.3, 0.4) is 0 Å². The van der Waals surface area contributed by atoms with Crippen molar-refractivity contribution in [1.29, 1.82) is 0 Å². The maximum Gasteiger partial charge on any atom is 0.104 e. The van der Waals surface area contributed by atoms with Gasteiger partial charge in [0.15, 0.2) is 0 Å². The van der Waals surface area contributed by atoms with Crippen molar-refractivity contribution < 1.29 is 0 Å². The second kappa shape index (κ2) is 5.99. The number of aryl methyl sites for hydroxylation is 1. The van der Waals surface area contributed by atoms with Gasteiger partial charge >= 0.3 is 0 Å². The first kappa shape index (κ1) is 13.8. The van der Waals surface area contributed by atoms with Gasteiger partial charge in [-0.2, -0.15) is 0 Å². The van der Waals surface area contributed by atoms with Crippen molar-refractivity contribution in [2.24, 2.45) is 5.73 Å². The van der Waals surface area contributed by atoms with Crippen molar-refractivity contribution in [3.63, 3.8) is 0 Å². The first-order valence-electron chi connectivity index (χ1n) is 5.81. The van der Waals surface area contributed by atoms with Crippen LogP contribution in [0.25, 0.3) is 0 Å². The van der Waals surface area contributed by atoms with Crippen molar-refractivity contribution in [3.05, 3.63) is 58.4 Å². The predicted octanol–water partition coefficient (Wildman–Crippen LogP) is 3.29. The lowest BCUT2D eigenvalue weighted by atomic mass is 10.2. The number of pyridine rings is 1. The minimum Gasteiger partial charge on any atom is -0.389 e. The van der Waals surface area contributed by atoms with Crippen molar-refractivity contribution in [1.82, 2.24) is 4.98 Å². The molecule has 0 radical (unpaired) electrons. The number of aromatic nitrogens is 1. The Balaban J connectivity index is 2.07. The second-order valence-corrected chi connectivity index (χ2v) is 5.07. The predicted molar refractivity (Wildman–Crippen MR) is 83.6 cm³/mol. The highest BCUT2D eigenvalue weighted by Crippen LogP contribution is 2.23. The summed E-state index contributed by atoms with van der Waals surface area (Å²) in [6, 6.07) is 9.50. The van der Waals surface area contributed by atoms with Crippen molar-refractivity contribution in [2.45, 2.75) is 13.5 Å². The van der Waals surface area contributed by atoms with Crippen molar-refractivity contribution in [2.75, 3.05) is 5.32 Å². The lowest BCUT2D eigenvalue weighted by molar-refractivity contribution is 1.09. The summed E-state index contributed by atoms with van der Waals surface area (Å²) in [7, 11) is 0. The van der Waals surface area contributed by atoms with E-state index in [-0.39, 0.29) is 0 Å². The summed E-state index contributed by atoms with van der Waals surface area (Å²) >= 11 is 11.1. The van der Waals surface area contributed by atoms with E-state index in [1.165, 1.54) is 0 Å². The maximum atomic E-state index is 6.17. The van der Waals surface area contributed by atoms with Crippen LogP contribution < -0.4 is 11.1 Å². The fourth-order valence-corrected chi connectivity index (χ4v) is 1.99. The van der Waals surface area contributed by atoms with Gasteiger partial charge in [-0.15, -0.1) is 0 Å². The molecule has 2 aromatic rings. The molecule has 0 amide bonds. The normalized spacial score (nSPS) is 10.2. The summed E-state index contributed by atoms with van der Waals surface area (Å²) in [4.78, 5) is 4.59. The molecule has 0 aliphatic heterocycles. The van der Waals surface area contributed by atoms with E-state index < -0.39 is 0 Å². The van der Waals surface area contributed by atoms with Crippen LogP contribution in [-0.4, -0.2) is 9.97 Å². The van der Waals surface area contributed by atoms with Gasteiger partial charge in [0.05, 0.1) is 10.7 Å². The van der Waals surface area contributed by atoms with Crippen LogP contribution in [0.5, 0.6) is 0 Å². The van der Waals surface area contributed by atoms with Crippen LogP contribution in [0.2, 0.25) is 5.02 Å². The molecule has 0 bridgehead atoms. The molecule has 19 heavy (non-hydrogen) atoms. The Bertz CT molecular complexity index is 596. The van der Waals surface area contributed by atoms with Crippen LogP contribution in [0.1, 0.15) is 16.8 Å². The molecular weight excluding hydrogens is 278 g/mol. The zero-order valence-electron chi connectivity index (χ0n) is 10.5. The van der Waals surface area contributed by atoms with Crippen LogP contribution in [0.15, 0.2) is 36.5 Å². The first-order chi connectivity index (χ1) is 9.06. The summed E-state index contributed by atoms with van der Waals surface area (Å²) in [5.41, 5.74) is 9.27. The summed E-state index contributed by atoms with van der Waals surface area (Å²) in [5.74, 6) is 0. The lowest BCUT2D eigenvalue weighted by Gasteiger charge is -2.09. The molecule has 1 heterocycles. The Morgan fingerprint density at radius 1 is 1.37 bits per heavy atom. The highest BCUT2D eigenvalue weighted by Gasteiger charge is 2.03. The number of benzene rings is 1. The molecule has 98 valence electrons. The summed E-state index contributed by atoms with van der Waals surface area (Å²) in [5, 5.41) is 3.86. The van der Waals surface area contributed by atoms with E-state index >= 15 is 0 Å². The molecule has 3 nitrogen and oxygen atoms in total. The highest BCUT2D eigenvalue weighted by molar-refractivity contribution is 7.80. The SMILES string of the molecule is Cc1ccc(CNc2ccc(C(N)=S)cc2Cl)cn1. The molecule has 0 spiro atoms. The number of thiocarbonyl (C=S) groups is 1. The van der Waals surface area contributed by atoms with Crippen LogP contribution >= 0.6 is 23.8 Å². The molecule has 3 N–H and O–H groups in total. The summed E-state index contributed by atoms with van der Waals surface area (Å²) < 4.78 is 0. The molecule has 0 aliphatic rings. The van der Waals surface area contributed by atoms with E-state index in [2.05, 4.69) is 10.3 Å². The van der Waals surface area contributed by atoms with Gasteiger partial charge in [-0.3, -0.25) is 4.98 Å². The molecule has 1 aromatic heterocycles. The number of rotatable bonds is 4. The minimum atomic E-state index is 0.344. The molecular formula is C14H14ClN3S. The van der Waals surface area contributed by atoms with Crippen molar-refractivity contribution in [3.8, 4) is 0 Å². The maximum absolute atomic E-state index is 6.17. The number of hydrogen-bond acceptors (Lipinski definition) is 3. The zero-order valence-corrected chi connectivity index (χ0v) is 12.1. The molecule has 5 heteroatoms. The van der Waals surface area contributed by atoms with Gasteiger partial charge in [-0.1, -0.05) is 29.9 Å². The average molecular weight is 292 g/mol. The molecule has 0 atom stereocenters. The van der Waals surface area contributed by atoms with Crippen molar-refractivity contribution >= 4 is 34.5 Å². The smallest absolute Gasteiger partial charge is 0.104 e. The molecule has 1 aromatic carbocycles. The van der Waals surface area contributed by atoms with E-state index in [0.717, 1.165) is 22.5 Å². The Labute approximate surface area is 122 Å². The van der Waals surface area contributed by atoms with E-state index in [0.29, 0.717) is 16.6 Å². The van der Waals surface area contributed by atoms with E-state index in [4.69, 9.17) is 29.6 Å². The Kier molecular flexibility index (Phi) is 4.35. The lowest BCUT2D eigenvalue weighted by Crippen LogP contribution is -2.09. The molecule has 2 rings (SSSR count). The topological polar surface area (TPSA) is 50.9 Å². The monoisotopic (exact) mass is 291 g/mol. The number of nitrogens with zero attached hydrogens (tertiary/aromatic N) is 1. The molecule has 0 fully saturated rings. The molecule has 0 unspecified atom stereocenters. The highest BCUT2D eigenvalue weighted by atomic mass is 35.5. The minimum absolute atomic E-state index is 0.344. The fraction of sp³-hybridized carbons (Fsp3) is 0.143. The number of halogens is 1. The van der Waals surface area contributed by atoms with Crippen LogP contribution in [0.4, 0.5) is 5.69 Å². The molecule has 0 saturated heterocycles. The van der Waals surface area contributed by atoms with Gasteiger partial charge in [0.2, 0.25) is 0 Å². The van der Waals surface area contributed by atoms with E-state index in [1.807, 2.05) is 37.4 Å². The Morgan fingerprint density at radius 2 is 2.16 bits per heavy atom. The van der Waals surface area contributed by atoms with Gasteiger partial charge in [0.25, 0.3) is 0 Å². The quantitative estimate of drug-likeness (QED) is 0.849. The third kappa shape index (κ3) is 3.66. The Hall–Kier alpha value is -1.65. The number of nitrogens with one attached hydrogen (secondary N) is 1. The largest absolute Gasteiger partial charge is 0.389 e. The number of nitrogens with two attached hydrogens (primary N) is 1. The van der Waals surface area contributed by atoms with Crippen LogP contribution in [-0.2, 0) is 6.54 Å². The second-order valence-electron chi connectivity index (χ2n) is 4.22. The Morgan fingerprint density at radius 3 is 2.74 bits per heavy atom. The number of hydrogen-bond donors (Lipinski definition) is 2. The third-order valence-corrected chi connectivity index (χ3v) is 3.26. The third-order valence-electron chi connectivity index (χ3n) is 2.71. The summed E-state index contributed by atoms with van der Waals surface area (Å²) in [6.45, 7) is 2.63. The fourth-order valence-electron chi connectivity index (χ4n) is 1.61. The number of anilines is 1. The van der Waals surface area contributed by atoms with Gasteiger partial charge in [-0.25, -0.2) is 0 Å². The average Bonchev–Trinajstić information content (AvgIpc) is 2.39. The zero-order chi connectivity index (χ0) is 13.8. The van der Waals surface area contributed by atoms with Gasteiger partial charge in [0, 0.05) is 24.0 Å². The van der Waals surface area contributed by atoms with Gasteiger partial charge in [-0.05, 0) is 36.8 Å². The molecule has 0 saturated carbocycles. The first-order valence-corrected chi connectivity index (χ1v) is 6.59. The van der Waals surface area contributed by atoms with E-state index in [1.54, 1.807) is 6.07 Å². The standard InChI is InChI=1S/C14H14ClN3S/c1-9-2-3-10(7-17-9)8-18-13-5-4-11(14(16)19)6-12(13)15/h2-7,18H,8H2,1H3,(H2,16,19). The molecule has 0 aliphatic carbocycles. The van der Waals surface area contributed by atoms with E-state index in [9.17, 15) is 0 Å². The van der Waals surface area contributed by atoms with Crippen LogP contribution in [0, 0.1) is 6.92 Å². The van der Waals surface area contributed by atoms with Gasteiger partial charge < -0.3 is 11.1 Å².